The van der Waals surface area contributed by atoms with Crippen molar-refractivity contribution in [1.29, 1.82) is 0 Å². The summed E-state index contributed by atoms with van der Waals surface area (Å²) in [5.41, 5.74) is 1.98. The number of carbonyl (C=O) groups is 4. The van der Waals surface area contributed by atoms with Gasteiger partial charge >= 0.3 is 6.03 Å². The zero-order valence-electron chi connectivity index (χ0n) is 22.1. The van der Waals surface area contributed by atoms with E-state index in [1.54, 1.807) is 42.6 Å². The van der Waals surface area contributed by atoms with E-state index >= 15 is 0 Å². The Morgan fingerprint density at radius 2 is 1.88 bits per heavy atom. The molecule has 0 bridgehead atoms. The number of fused-ring (bicyclic) bond motifs is 1. The van der Waals surface area contributed by atoms with Crippen LogP contribution < -0.4 is 20.7 Å². The van der Waals surface area contributed by atoms with Crippen LogP contribution in [0.1, 0.15) is 32.0 Å². The highest BCUT2D eigenvalue weighted by atomic mass is 16.5. The molecule has 0 saturated carbocycles. The first kappa shape index (κ1) is 25.9. The van der Waals surface area contributed by atoms with Crippen molar-refractivity contribution in [1.82, 2.24) is 30.8 Å². The molecule has 5 amide bonds. The van der Waals surface area contributed by atoms with Crippen LogP contribution in [-0.4, -0.2) is 63.3 Å². The van der Waals surface area contributed by atoms with E-state index in [-0.39, 0.29) is 19.0 Å². The van der Waals surface area contributed by atoms with Gasteiger partial charge in [-0.2, -0.15) is 0 Å². The molecule has 206 valence electrons. The van der Waals surface area contributed by atoms with Crippen LogP contribution in [0.3, 0.4) is 0 Å². The van der Waals surface area contributed by atoms with Crippen LogP contribution in [0.2, 0.25) is 0 Å². The quantitative estimate of drug-likeness (QED) is 0.313. The first-order valence-corrected chi connectivity index (χ1v) is 13.0. The molecule has 4 heterocycles. The molecule has 11 nitrogen and oxygen atoms in total. The van der Waals surface area contributed by atoms with Crippen molar-refractivity contribution < 1.29 is 23.9 Å². The Kier molecular flexibility index (Phi) is 6.54. The van der Waals surface area contributed by atoms with Gasteiger partial charge in [-0.1, -0.05) is 18.2 Å². The summed E-state index contributed by atoms with van der Waals surface area (Å²) in [5, 5.41) is 8.72. The normalized spacial score (nSPS) is 19.7. The molecule has 3 N–H and O–H groups in total. The van der Waals surface area contributed by atoms with Crippen molar-refractivity contribution in [3.05, 3.63) is 102 Å². The van der Waals surface area contributed by atoms with E-state index in [1.165, 1.54) is 11.1 Å². The largest absolute Gasteiger partial charge is 0.489 e. The summed E-state index contributed by atoms with van der Waals surface area (Å²) in [5.74, 6) is -0.840. The first-order valence-electron chi connectivity index (χ1n) is 13.0. The summed E-state index contributed by atoms with van der Waals surface area (Å²) in [7, 11) is 0. The molecule has 2 unspecified atom stereocenters. The number of aromatic nitrogens is 2. The standard InChI is InChI=1S/C30H26N6O5/c1-18-13-21(23-6-2-3-7-24(23)32-18)16-41-22-10-8-19(9-11-22)26(37)33-25-15-36(27(38)20-5-4-12-31-14-20)17-30(25)28(39)34-29(40)35-30/h2-14,25H,15-17H2,1H3,(H,33,37)(H2,34,35,39,40). The maximum Gasteiger partial charge on any atom is 0.322 e. The number of ether oxygens (including phenoxy) is 1. The Morgan fingerprint density at radius 3 is 2.61 bits per heavy atom. The molecule has 2 aliphatic heterocycles. The number of nitrogens with one attached hydrogen (secondary N) is 3. The summed E-state index contributed by atoms with van der Waals surface area (Å²) in [6.45, 7) is 2.19. The van der Waals surface area contributed by atoms with E-state index in [4.69, 9.17) is 4.74 Å². The average molecular weight is 551 g/mol. The van der Waals surface area contributed by atoms with Crippen LogP contribution in [0.5, 0.6) is 5.75 Å². The number of benzene rings is 2. The molecule has 4 aromatic rings. The number of aryl methyl sites for hydroxylation is 1. The molecule has 2 fully saturated rings. The third-order valence-electron chi connectivity index (χ3n) is 7.35. The molecule has 1 spiro atoms. The summed E-state index contributed by atoms with van der Waals surface area (Å²) in [4.78, 5) is 61.2. The van der Waals surface area contributed by atoms with E-state index in [1.807, 2.05) is 37.3 Å². The van der Waals surface area contributed by atoms with E-state index in [2.05, 4.69) is 25.9 Å². The summed E-state index contributed by atoms with van der Waals surface area (Å²) in [6.07, 6.45) is 2.98. The molecule has 2 aromatic carbocycles. The van der Waals surface area contributed by atoms with Gasteiger partial charge in [0.05, 0.1) is 23.7 Å². The van der Waals surface area contributed by atoms with Crippen LogP contribution in [0.15, 0.2) is 79.1 Å². The van der Waals surface area contributed by atoms with Gasteiger partial charge in [-0.15, -0.1) is 0 Å². The van der Waals surface area contributed by atoms with Crippen LogP contribution in [0.4, 0.5) is 4.79 Å². The second kappa shape index (κ2) is 10.3. The molecule has 6 rings (SSSR count). The predicted molar refractivity (Wildman–Crippen MR) is 148 cm³/mol. The van der Waals surface area contributed by atoms with E-state index in [0.29, 0.717) is 23.5 Å². The number of pyridine rings is 2. The highest BCUT2D eigenvalue weighted by molar-refractivity contribution is 6.09. The second-order valence-corrected chi connectivity index (χ2v) is 10.1. The summed E-state index contributed by atoms with van der Waals surface area (Å²) in [6, 6.07) is 18.2. The fourth-order valence-electron chi connectivity index (χ4n) is 5.33. The zero-order chi connectivity index (χ0) is 28.6. The highest BCUT2D eigenvalue weighted by Crippen LogP contribution is 2.27. The first-order chi connectivity index (χ1) is 19.8. The number of para-hydroxylation sites is 1. The van der Waals surface area contributed by atoms with Gasteiger partial charge in [0.2, 0.25) is 0 Å². The SMILES string of the molecule is Cc1cc(COc2ccc(C(=O)NC3CN(C(=O)c4cccnc4)CC34NC(=O)NC4=O)cc2)c2ccccc2n1. The van der Waals surface area contributed by atoms with Gasteiger partial charge in [0.15, 0.2) is 5.54 Å². The third kappa shape index (κ3) is 4.93. The predicted octanol–water partition coefficient (Wildman–Crippen LogP) is 2.35. The number of rotatable bonds is 6. The molecule has 11 heteroatoms. The zero-order valence-corrected chi connectivity index (χ0v) is 22.1. The number of carbonyl (C=O) groups excluding carboxylic acids is 4. The molecule has 0 aliphatic carbocycles. The number of nitrogens with zero attached hydrogens (tertiary/aromatic N) is 3. The molecule has 2 aliphatic rings. The van der Waals surface area contributed by atoms with Gasteiger partial charge in [0.1, 0.15) is 12.4 Å². The fourth-order valence-corrected chi connectivity index (χ4v) is 5.33. The van der Waals surface area contributed by atoms with E-state index in [9.17, 15) is 19.2 Å². The van der Waals surface area contributed by atoms with Crippen LogP contribution in [-0.2, 0) is 11.4 Å². The Hall–Kier alpha value is -5.32. The van der Waals surface area contributed by atoms with Crippen molar-refractivity contribution in [3.63, 3.8) is 0 Å². The lowest BCUT2D eigenvalue weighted by atomic mass is 9.93. The molecular weight excluding hydrogens is 524 g/mol. The monoisotopic (exact) mass is 550 g/mol. The number of likely N-dealkylation sites (tertiary alicyclic amines) is 1. The average Bonchev–Trinajstić information content (AvgIpc) is 3.49. The van der Waals surface area contributed by atoms with Gasteiger partial charge in [-0.25, -0.2) is 4.79 Å². The van der Waals surface area contributed by atoms with Gasteiger partial charge < -0.3 is 20.3 Å². The molecule has 2 atom stereocenters. The van der Waals surface area contributed by atoms with Gasteiger partial charge in [-0.3, -0.25) is 29.7 Å². The second-order valence-electron chi connectivity index (χ2n) is 10.1. The third-order valence-corrected chi connectivity index (χ3v) is 7.35. The lowest BCUT2D eigenvalue weighted by molar-refractivity contribution is -0.124. The minimum atomic E-state index is -1.49. The Balaban J connectivity index is 1.16. The smallest absolute Gasteiger partial charge is 0.322 e. The number of imide groups is 1. The topological polar surface area (TPSA) is 143 Å². The number of urea groups is 1. The van der Waals surface area contributed by atoms with Crippen molar-refractivity contribution in [2.45, 2.75) is 25.1 Å². The minimum Gasteiger partial charge on any atom is -0.489 e. The van der Waals surface area contributed by atoms with Crippen molar-refractivity contribution >= 4 is 34.7 Å². The molecule has 2 saturated heterocycles. The lowest BCUT2D eigenvalue weighted by Gasteiger charge is -2.27. The lowest BCUT2D eigenvalue weighted by Crippen LogP contribution is -2.62. The van der Waals surface area contributed by atoms with Crippen molar-refractivity contribution in [2.24, 2.45) is 0 Å². The van der Waals surface area contributed by atoms with E-state index in [0.717, 1.165) is 22.2 Å². The maximum absolute atomic E-state index is 13.2. The summed E-state index contributed by atoms with van der Waals surface area (Å²) < 4.78 is 6.00. The maximum atomic E-state index is 13.2. The Morgan fingerprint density at radius 1 is 1.07 bits per heavy atom. The van der Waals surface area contributed by atoms with Gasteiger partial charge in [0, 0.05) is 41.1 Å². The van der Waals surface area contributed by atoms with Crippen LogP contribution in [0.25, 0.3) is 10.9 Å². The van der Waals surface area contributed by atoms with Gasteiger partial charge in [-0.05, 0) is 55.5 Å². The fraction of sp³-hybridized carbons (Fsp3) is 0.200. The van der Waals surface area contributed by atoms with E-state index < -0.39 is 29.4 Å². The van der Waals surface area contributed by atoms with Crippen molar-refractivity contribution in [3.8, 4) is 5.75 Å². The minimum absolute atomic E-state index is 0.0215. The van der Waals surface area contributed by atoms with Crippen LogP contribution in [0, 0.1) is 6.92 Å². The van der Waals surface area contributed by atoms with Crippen molar-refractivity contribution in [2.75, 3.05) is 13.1 Å². The molecule has 0 radical (unpaired) electrons. The molecule has 41 heavy (non-hydrogen) atoms. The molecular formula is C30H26N6O5. The number of hydrogen-bond donors (Lipinski definition) is 3. The Bertz CT molecular complexity index is 1680. The molecule has 2 aromatic heterocycles. The Labute approximate surface area is 234 Å². The number of hydrogen-bond acceptors (Lipinski definition) is 7. The van der Waals surface area contributed by atoms with Crippen LogP contribution >= 0.6 is 0 Å². The highest BCUT2D eigenvalue weighted by Gasteiger charge is 2.58. The summed E-state index contributed by atoms with van der Waals surface area (Å²) >= 11 is 0. The van der Waals surface area contributed by atoms with Gasteiger partial charge in [0.25, 0.3) is 17.7 Å². The number of amides is 5.